The van der Waals surface area contributed by atoms with E-state index in [2.05, 4.69) is 64.6 Å². The molecule has 0 aliphatic carbocycles. The van der Waals surface area contributed by atoms with Crippen LogP contribution >= 0.6 is 45.2 Å². The number of Topliss-reactive ketones (excluding diaryl/α,β-unsaturated/α-hetero) is 2. The average molecular weight is 755 g/mol. The van der Waals surface area contributed by atoms with E-state index in [9.17, 15) is 9.59 Å². The van der Waals surface area contributed by atoms with Crippen LogP contribution in [0.1, 0.15) is 57.3 Å². The van der Waals surface area contributed by atoms with Gasteiger partial charge in [-0.15, -0.1) is 0 Å². The number of rotatable bonds is 16. The highest BCUT2D eigenvalue weighted by Gasteiger charge is 2.17. The van der Waals surface area contributed by atoms with E-state index in [1.54, 1.807) is 12.2 Å². The molecule has 0 amide bonds. The van der Waals surface area contributed by atoms with Crippen molar-refractivity contribution in [2.24, 2.45) is 0 Å². The first-order valence-corrected chi connectivity index (χ1v) is 16.4. The standard InChI is InChI=1S/C29H33I2N4O4/c30-20-22(36)10-3-1-5-16-34-18-8-12-24-28(34)32-26(38-24)14-7-15-27-33-29-25(39-27)13-9-19-35(29)17-6-2-4-11-23(37)21-31/h7-9,12-15,18-19H,1-6,10-11,16-17,20-21H2/q+1. The van der Waals surface area contributed by atoms with Crippen LogP contribution in [0.25, 0.3) is 29.5 Å². The molecule has 0 aromatic carbocycles. The molecule has 0 atom stereocenters. The zero-order chi connectivity index (χ0) is 27.5. The van der Waals surface area contributed by atoms with Gasteiger partial charge in [-0.1, -0.05) is 51.6 Å². The number of oxazole rings is 2. The predicted octanol–water partition coefficient (Wildman–Crippen LogP) is 4.84. The summed E-state index contributed by atoms with van der Waals surface area (Å²) in [7, 11) is 0. The number of hydrogen-bond acceptors (Lipinski definition) is 7. The van der Waals surface area contributed by atoms with Crippen LogP contribution in [0.15, 0.2) is 45.5 Å². The Balaban J connectivity index is 1.34. The van der Waals surface area contributed by atoms with Gasteiger partial charge in [-0.2, -0.15) is 4.98 Å². The number of unbranched alkanes of at least 4 members (excludes halogenated alkanes) is 4. The lowest BCUT2D eigenvalue weighted by Gasteiger charge is -2.18. The minimum absolute atomic E-state index is 0.319. The van der Waals surface area contributed by atoms with Crippen molar-refractivity contribution in [3.63, 3.8) is 0 Å². The van der Waals surface area contributed by atoms with Gasteiger partial charge >= 0.3 is 11.5 Å². The summed E-state index contributed by atoms with van der Waals surface area (Å²) in [5, 5.41) is 0. The summed E-state index contributed by atoms with van der Waals surface area (Å²) < 4.78 is 15.1. The number of anilines is 1. The largest absolute Gasteiger partial charge is 0.435 e. The van der Waals surface area contributed by atoms with Crippen molar-refractivity contribution in [1.29, 1.82) is 0 Å². The summed E-state index contributed by atoms with van der Waals surface area (Å²) in [6, 6.07) is 3.88. The Hall–Kier alpha value is -2.35. The number of fused-ring (bicyclic) bond motifs is 2. The van der Waals surface area contributed by atoms with E-state index < -0.39 is 0 Å². The van der Waals surface area contributed by atoms with Crippen molar-refractivity contribution in [3.05, 3.63) is 53.5 Å². The van der Waals surface area contributed by atoms with Crippen LogP contribution in [0.4, 0.5) is 5.82 Å². The minimum atomic E-state index is 0.319. The Morgan fingerprint density at radius 3 is 2.51 bits per heavy atom. The highest BCUT2D eigenvalue weighted by molar-refractivity contribution is 14.1. The van der Waals surface area contributed by atoms with E-state index in [4.69, 9.17) is 8.83 Å². The van der Waals surface area contributed by atoms with Crippen LogP contribution in [-0.4, -0.2) is 36.9 Å². The topological polar surface area (TPSA) is 93.3 Å². The Morgan fingerprint density at radius 2 is 1.74 bits per heavy atom. The third kappa shape index (κ3) is 8.82. The van der Waals surface area contributed by atoms with Crippen molar-refractivity contribution in [2.45, 2.75) is 57.9 Å². The number of nitrogens with zero attached hydrogens (tertiary/aromatic N) is 4. The zero-order valence-electron chi connectivity index (χ0n) is 21.9. The van der Waals surface area contributed by atoms with E-state index >= 15 is 0 Å². The second kappa shape index (κ2) is 15.4. The lowest BCUT2D eigenvalue weighted by Crippen LogP contribution is -2.34. The molecule has 0 saturated carbocycles. The second-order valence-electron chi connectivity index (χ2n) is 9.37. The molecule has 3 aromatic rings. The van der Waals surface area contributed by atoms with Crippen LogP contribution in [0.5, 0.6) is 0 Å². The molecule has 10 heteroatoms. The predicted molar refractivity (Wildman–Crippen MR) is 169 cm³/mol. The fraction of sp³-hybridized carbons (Fsp3) is 0.414. The van der Waals surface area contributed by atoms with Gasteiger partial charge in [0.1, 0.15) is 11.6 Å². The number of halogens is 2. The molecule has 1 aliphatic heterocycles. The lowest BCUT2D eigenvalue weighted by molar-refractivity contribution is -0.673. The van der Waals surface area contributed by atoms with Gasteiger partial charge in [-0.3, -0.25) is 9.59 Å². The maximum absolute atomic E-state index is 11.5. The van der Waals surface area contributed by atoms with Crippen LogP contribution in [0.3, 0.4) is 0 Å². The number of hydrogen-bond donors (Lipinski definition) is 0. The molecule has 3 aromatic heterocycles. The summed E-state index contributed by atoms with van der Waals surface area (Å²) in [5.41, 5.74) is 2.79. The van der Waals surface area contributed by atoms with Gasteiger partial charge in [0.25, 0.3) is 0 Å². The number of alkyl halides is 2. The number of aromatic nitrogens is 3. The van der Waals surface area contributed by atoms with Gasteiger partial charge in [0.2, 0.25) is 11.1 Å². The monoisotopic (exact) mass is 755 g/mol. The molecule has 8 nitrogen and oxygen atoms in total. The van der Waals surface area contributed by atoms with Gasteiger partial charge in [0, 0.05) is 42.7 Å². The first kappa shape index (κ1) is 29.6. The molecule has 0 saturated heterocycles. The highest BCUT2D eigenvalue weighted by Crippen LogP contribution is 2.14. The number of carbonyl (C=O) groups excluding carboxylic acids is 2. The maximum atomic E-state index is 11.5. The quantitative estimate of drug-likeness (QED) is 0.0895. The van der Waals surface area contributed by atoms with Gasteiger partial charge < -0.3 is 13.7 Å². The minimum Gasteiger partial charge on any atom is -0.435 e. The summed E-state index contributed by atoms with van der Waals surface area (Å²) in [6.07, 6.45) is 20.5. The Bertz CT molecular complexity index is 1460. The normalized spacial score (nSPS) is 13.4. The molecule has 4 heterocycles. The van der Waals surface area contributed by atoms with E-state index in [0.717, 1.165) is 74.1 Å². The number of aryl methyl sites for hydroxylation is 1. The fourth-order valence-corrected chi connectivity index (χ4v) is 5.09. The van der Waals surface area contributed by atoms with E-state index in [-0.39, 0.29) is 0 Å². The smallest absolute Gasteiger partial charge is 0.370 e. The number of pyridine rings is 1. The van der Waals surface area contributed by atoms with Gasteiger partial charge in [0.15, 0.2) is 11.2 Å². The highest BCUT2D eigenvalue weighted by atomic mass is 127. The van der Waals surface area contributed by atoms with Gasteiger partial charge in [-0.05, 0) is 62.5 Å². The zero-order valence-corrected chi connectivity index (χ0v) is 26.2. The fourth-order valence-electron chi connectivity index (χ4n) is 4.33. The van der Waals surface area contributed by atoms with Crippen molar-refractivity contribution in [1.82, 2.24) is 9.97 Å². The number of carbonyl (C=O) groups is 2. The molecule has 0 N–H and O–H groups in total. The maximum Gasteiger partial charge on any atom is 0.370 e. The second-order valence-corrected chi connectivity index (χ2v) is 10.9. The Labute approximate surface area is 255 Å². The third-order valence-electron chi connectivity index (χ3n) is 6.36. The van der Waals surface area contributed by atoms with Crippen molar-refractivity contribution >= 4 is 92.0 Å². The molecular weight excluding hydrogens is 722 g/mol. The molecule has 0 bridgehead atoms. The van der Waals surface area contributed by atoms with Crippen LogP contribution in [0.2, 0.25) is 0 Å². The summed E-state index contributed by atoms with van der Waals surface area (Å²) in [4.78, 5) is 34.4. The SMILES string of the molecule is O=C(CI)CCCCCN1C=CC=c2o/c(=C\C=C\c3nc4c(ccc[n+]4CCCCCC(=O)CI)o3)nc21. The van der Waals surface area contributed by atoms with Crippen LogP contribution in [-0.2, 0) is 16.1 Å². The third-order valence-corrected chi connectivity index (χ3v) is 8.06. The van der Waals surface area contributed by atoms with E-state index in [1.165, 1.54) is 0 Å². The molecule has 0 spiro atoms. The molecule has 39 heavy (non-hydrogen) atoms. The molecule has 0 fully saturated rings. The number of allylic oxidation sites excluding steroid dienone is 2. The summed E-state index contributed by atoms with van der Waals surface area (Å²) in [6.45, 7) is 1.66. The van der Waals surface area contributed by atoms with E-state index in [0.29, 0.717) is 44.7 Å². The Morgan fingerprint density at radius 1 is 0.974 bits per heavy atom. The van der Waals surface area contributed by atoms with Crippen LogP contribution in [0, 0.1) is 0 Å². The van der Waals surface area contributed by atoms with E-state index in [1.807, 2.05) is 42.8 Å². The average Bonchev–Trinajstić information content (AvgIpc) is 3.56. The number of ketones is 2. The van der Waals surface area contributed by atoms with Gasteiger partial charge in [0.05, 0.1) is 21.6 Å². The first-order chi connectivity index (χ1) is 19.1. The van der Waals surface area contributed by atoms with Crippen LogP contribution < -0.4 is 20.4 Å². The van der Waals surface area contributed by atoms with Crippen molar-refractivity contribution < 1.29 is 23.0 Å². The molecular formula is C29H33I2N4O4+. The molecule has 0 unspecified atom stereocenters. The first-order valence-electron chi connectivity index (χ1n) is 13.3. The Kier molecular flexibility index (Phi) is 11.7. The molecule has 0 radical (unpaired) electrons. The summed E-state index contributed by atoms with van der Waals surface area (Å²) >= 11 is 4.25. The molecule has 1 aliphatic rings. The lowest BCUT2D eigenvalue weighted by atomic mass is 10.1. The summed E-state index contributed by atoms with van der Waals surface area (Å²) in [5.74, 6) is 1.96. The van der Waals surface area contributed by atoms with Gasteiger partial charge in [-0.25, -0.2) is 4.57 Å². The molecule has 206 valence electrons. The molecule has 4 rings (SSSR count). The van der Waals surface area contributed by atoms with Crippen molar-refractivity contribution in [2.75, 3.05) is 20.3 Å². The van der Waals surface area contributed by atoms with Crippen molar-refractivity contribution in [3.8, 4) is 0 Å².